The summed E-state index contributed by atoms with van der Waals surface area (Å²) in [4.78, 5) is 1.30. The first-order valence-electron chi connectivity index (χ1n) is 5.61. The van der Waals surface area contributed by atoms with Gasteiger partial charge >= 0.3 is 0 Å². The number of anilines is 1. The molecule has 0 atom stereocenters. The average Bonchev–Trinajstić information content (AvgIpc) is 2.82. The zero-order valence-electron chi connectivity index (χ0n) is 9.12. The van der Waals surface area contributed by atoms with Gasteiger partial charge in [0.1, 0.15) is 0 Å². The number of thiophene rings is 1. The number of fused-ring (bicyclic) bond motifs is 1. The van der Waals surface area contributed by atoms with Crippen molar-refractivity contribution in [1.29, 1.82) is 0 Å². The highest BCUT2D eigenvalue weighted by Gasteiger charge is 2.41. The Morgan fingerprint density at radius 2 is 2.06 bits per heavy atom. The van der Waals surface area contributed by atoms with Crippen molar-refractivity contribution in [3.8, 4) is 0 Å². The van der Waals surface area contributed by atoms with Crippen molar-refractivity contribution in [2.75, 3.05) is 18.9 Å². The lowest BCUT2D eigenvalue weighted by molar-refractivity contribution is -0.163. The van der Waals surface area contributed by atoms with Gasteiger partial charge in [-0.1, -0.05) is 0 Å². The van der Waals surface area contributed by atoms with Crippen molar-refractivity contribution in [1.82, 2.24) is 0 Å². The van der Waals surface area contributed by atoms with Crippen LogP contribution in [-0.2, 0) is 28.9 Å². The largest absolute Gasteiger partial charge is 0.390 e. The van der Waals surface area contributed by atoms with Gasteiger partial charge in [0.25, 0.3) is 0 Å². The van der Waals surface area contributed by atoms with Gasteiger partial charge in [-0.3, -0.25) is 0 Å². The third-order valence-corrected chi connectivity index (χ3v) is 4.54. The molecule has 2 aliphatic rings. The minimum Gasteiger partial charge on any atom is -0.390 e. The molecular weight excluding hydrogens is 224 g/mol. The van der Waals surface area contributed by atoms with Crippen LogP contribution in [0.3, 0.4) is 0 Å². The van der Waals surface area contributed by atoms with E-state index in [2.05, 4.69) is 0 Å². The summed E-state index contributed by atoms with van der Waals surface area (Å²) in [6.45, 7) is 1.95. The summed E-state index contributed by atoms with van der Waals surface area (Å²) in [6.07, 6.45) is 2.72. The van der Waals surface area contributed by atoms with Gasteiger partial charge in [-0.25, -0.2) is 0 Å². The van der Waals surface area contributed by atoms with E-state index in [4.69, 9.17) is 20.9 Å². The molecule has 1 aliphatic heterocycles. The maximum absolute atomic E-state index is 5.98. The van der Waals surface area contributed by atoms with Gasteiger partial charge < -0.3 is 20.9 Å². The first kappa shape index (κ1) is 10.5. The highest BCUT2D eigenvalue weighted by atomic mass is 32.1. The average molecular weight is 240 g/mol. The maximum atomic E-state index is 5.98. The Morgan fingerprint density at radius 3 is 2.75 bits per heavy atom. The molecule has 0 saturated carbocycles. The minimum atomic E-state index is -0.365. The Kier molecular flexibility index (Phi) is 2.43. The lowest BCUT2D eigenvalue weighted by Crippen LogP contribution is -2.36. The molecular formula is C11H16N2O2S. The van der Waals surface area contributed by atoms with Crippen LogP contribution in [0, 0.1) is 0 Å². The second-order valence-electron chi connectivity index (χ2n) is 4.34. The molecule has 0 unspecified atom stereocenters. The second-order valence-corrected chi connectivity index (χ2v) is 5.47. The summed E-state index contributed by atoms with van der Waals surface area (Å²) < 4.78 is 11.5. The van der Waals surface area contributed by atoms with Crippen LogP contribution in [0.2, 0.25) is 0 Å². The van der Waals surface area contributed by atoms with Crippen molar-refractivity contribution < 1.29 is 9.47 Å². The van der Waals surface area contributed by atoms with Gasteiger partial charge in [0.15, 0.2) is 5.79 Å². The molecule has 3 rings (SSSR count). The smallest absolute Gasteiger partial charge is 0.173 e. The molecule has 1 aliphatic carbocycles. The summed E-state index contributed by atoms with van der Waals surface area (Å²) in [5.74, 6) is -0.365. The number of hydrogen-bond acceptors (Lipinski definition) is 5. The van der Waals surface area contributed by atoms with Crippen LogP contribution >= 0.6 is 11.3 Å². The number of nitrogen functional groups attached to an aromatic ring is 1. The van der Waals surface area contributed by atoms with Gasteiger partial charge in [0.2, 0.25) is 0 Å². The van der Waals surface area contributed by atoms with Gasteiger partial charge in [-0.2, -0.15) is 0 Å². The van der Waals surface area contributed by atoms with Crippen LogP contribution in [0.4, 0.5) is 5.00 Å². The fraction of sp³-hybridized carbons (Fsp3) is 0.636. The fourth-order valence-electron chi connectivity index (χ4n) is 2.62. The molecule has 2 heterocycles. The topological polar surface area (TPSA) is 70.5 Å². The summed E-state index contributed by atoms with van der Waals surface area (Å²) in [7, 11) is 0. The lowest BCUT2D eigenvalue weighted by atomic mass is 9.91. The molecule has 1 fully saturated rings. The first-order valence-corrected chi connectivity index (χ1v) is 6.43. The van der Waals surface area contributed by atoms with E-state index in [-0.39, 0.29) is 5.79 Å². The molecule has 1 spiro atoms. The highest BCUT2D eigenvalue weighted by Crippen LogP contribution is 2.42. The molecule has 4 N–H and O–H groups in total. The van der Waals surface area contributed by atoms with E-state index in [1.165, 1.54) is 10.4 Å². The van der Waals surface area contributed by atoms with Gasteiger partial charge in [0.05, 0.1) is 18.2 Å². The van der Waals surface area contributed by atoms with Crippen LogP contribution in [0.1, 0.15) is 22.4 Å². The molecule has 88 valence electrons. The molecule has 1 aromatic rings. The molecule has 1 aromatic heterocycles. The maximum Gasteiger partial charge on any atom is 0.173 e. The standard InChI is InChI=1S/C11H16N2O2S/c12-6-8-7-1-2-11(14-3-4-15-11)5-9(7)16-10(8)13/h1-6,12-13H2. The quantitative estimate of drug-likeness (QED) is 0.769. The van der Waals surface area contributed by atoms with E-state index in [0.29, 0.717) is 19.8 Å². The van der Waals surface area contributed by atoms with Crippen molar-refractivity contribution in [2.24, 2.45) is 5.73 Å². The van der Waals surface area contributed by atoms with Crippen molar-refractivity contribution in [3.63, 3.8) is 0 Å². The van der Waals surface area contributed by atoms with Crippen molar-refractivity contribution in [2.45, 2.75) is 31.6 Å². The number of hydrogen-bond donors (Lipinski definition) is 2. The third-order valence-electron chi connectivity index (χ3n) is 3.43. The zero-order valence-corrected chi connectivity index (χ0v) is 9.94. The molecule has 0 aromatic carbocycles. The SMILES string of the molecule is NCc1c(N)sc2c1CCC1(C2)OCCO1. The molecule has 1 saturated heterocycles. The van der Waals surface area contributed by atoms with E-state index in [1.54, 1.807) is 11.3 Å². The molecule has 0 radical (unpaired) electrons. The number of rotatable bonds is 1. The zero-order chi connectivity index (χ0) is 11.2. The molecule has 4 nitrogen and oxygen atoms in total. The van der Waals surface area contributed by atoms with E-state index in [1.807, 2.05) is 0 Å². The molecule has 16 heavy (non-hydrogen) atoms. The third kappa shape index (κ3) is 1.47. The Bertz CT molecular complexity index is 410. The summed E-state index contributed by atoms with van der Waals surface area (Å²) in [6, 6.07) is 0. The normalized spacial score (nSPS) is 22.6. The van der Waals surface area contributed by atoms with Gasteiger partial charge in [-0.15, -0.1) is 11.3 Å². The van der Waals surface area contributed by atoms with E-state index in [0.717, 1.165) is 29.8 Å². The Labute approximate surface area is 98.5 Å². The minimum absolute atomic E-state index is 0.365. The molecule has 0 amide bonds. The molecule has 0 bridgehead atoms. The van der Waals surface area contributed by atoms with E-state index >= 15 is 0 Å². The van der Waals surface area contributed by atoms with Crippen LogP contribution in [0.15, 0.2) is 0 Å². The van der Waals surface area contributed by atoms with Crippen LogP contribution in [-0.4, -0.2) is 19.0 Å². The second kappa shape index (κ2) is 3.70. The number of nitrogens with two attached hydrogens (primary N) is 2. The van der Waals surface area contributed by atoms with E-state index < -0.39 is 0 Å². The Morgan fingerprint density at radius 1 is 1.31 bits per heavy atom. The van der Waals surface area contributed by atoms with Crippen molar-refractivity contribution in [3.05, 3.63) is 16.0 Å². The number of ether oxygens (including phenoxy) is 2. The monoisotopic (exact) mass is 240 g/mol. The van der Waals surface area contributed by atoms with E-state index in [9.17, 15) is 0 Å². The Hall–Kier alpha value is -0.620. The van der Waals surface area contributed by atoms with Crippen LogP contribution in [0.25, 0.3) is 0 Å². The summed E-state index contributed by atoms with van der Waals surface area (Å²) in [5, 5.41) is 0.863. The highest BCUT2D eigenvalue weighted by molar-refractivity contribution is 7.16. The summed E-state index contributed by atoms with van der Waals surface area (Å²) in [5.41, 5.74) is 14.2. The van der Waals surface area contributed by atoms with Crippen molar-refractivity contribution >= 4 is 16.3 Å². The fourth-order valence-corrected chi connectivity index (χ4v) is 3.86. The Balaban J connectivity index is 1.95. The lowest BCUT2D eigenvalue weighted by Gasteiger charge is -2.31. The predicted octanol–water partition coefficient (Wildman–Crippen LogP) is 1.02. The molecule has 5 heteroatoms. The van der Waals surface area contributed by atoms with Gasteiger partial charge in [0, 0.05) is 29.8 Å². The van der Waals surface area contributed by atoms with Crippen LogP contribution in [0.5, 0.6) is 0 Å². The van der Waals surface area contributed by atoms with Crippen LogP contribution < -0.4 is 11.5 Å². The predicted molar refractivity (Wildman–Crippen MR) is 63.3 cm³/mol. The van der Waals surface area contributed by atoms with Gasteiger partial charge in [-0.05, 0) is 12.0 Å². The summed E-state index contributed by atoms with van der Waals surface area (Å²) >= 11 is 1.64. The first-order chi connectivity index (χ1) is 7.74.